The standard InChI is InChI=1S/C26H37N3O3/c1-6-13-27-26(30)28-22(7-2)25-21-16-24(32-5)23(31-4)15-20(21)12-14-29(25)17-19-10-8-18(3)9-11-19/h8-11,15-16,22,25H,6-7,12-14,17H2,1-5H3,(H2,27,28,30). The van der Waals surface area contributed by atoms with Crippen LogP contribution in [0.1, 0.15) is 55.0 Å². The van der Waals surface area contributed by atoms with Gasteiger partial charge in [-0.3, -0.25) is 4.90 Å². The second-order valence-corrected chi connectivity index (χ2v) is 8.47. The number of hydrogen-bond donors (Lipinski definition) is 2. The molecule has 1 heterocycles. The summed E-state index contributed by atoms with van der Waals surface area (Å²) in [6, 6.07) is 12.8. The highest BCUT2D eigenvalue weighted by molar-refractivity contribution is 5.74. The third kappa shape index (κ3) is 5.54. The molecular formula is C26H37N3O3. The summed E-state index contributed by atoms with van der Waals surface area (Å²) >= 11 is 0. The molecule has 6 nitrogen and oxygen atoms in total. The number of methoxy groups -OCH3 is 2. The van der Waals surface area contributed by atoms with E-state index in [1.807, 2.05) is 0 Å². The second-order valence-electron chi connectivity index (χ2n) is 8.47. The van der Waals surface area contributed by atoms with Gasteiger partial charge in [-0.1, -0.05) is 43.7 Å². The molecule has 2 aromatic carbocycles. The van der Waals surface area contributed by atoms with Gasteiger partial charge in [0.15, 0.2) is 11.5 Å². The van der Waals surface area contributed by atoms with Gasteiger partial charge < -0.3 is 20.1 Å². The van der Waals surface area contributed by atoms with Gasteiger partial charge in [-0.2, -0.15) is 0 Å². The summed E-state index contributed by atoms with van der Waals surface area (Å²) in [5.41, 5.74) is 4.98. The minimum absolute atomic E-state index is 0.0329. The van der Waals surface area contributed by atoms with E-state index in [9.17, 15) is 4.79 Å². The second kappa shape index (κ2) is 11.2. The van der Waals surface area contributed by atoms with Gasteiger partial charge in [0.05, 0.1) is 26.3 Å². The lowest BCUT2D eigenvalue weighted by atomic mass is 9.86. The molecule has 0 fully saturated rings. The zero-order valence-electron chi connectivity index (χ0n) is 20.0. The van der Waals surface area contributed by atoms with Gasteiger partial charge in [0, 0.05) is 19.6 Å². The van der Waals surface area contributed by atoms with Crippen molar-refractivity contribution in [3.05, 3.63) is 58.7 Å². The van der Waals surface area contributed by atoms with E-state index >= 15 is 0 Å². The molecular weight excluding hydrogens is 402 g/mol. The quantitative estimate of drug-likeness (QED) is 0.599. The molecule has 32 heavy (non-hydrogen) atoms. The summed E-state index contributed by atoms with van der Waals surface area (Å²) < 4.78 is 11.2. The molecule has 0 aromatic heterocycles. The number of amides is 2. The predicted molar refractivity (Wildman–Crippen MR) is 128 cm³/mol. The van der Waals surface area contributed by atoms with Crippen molar-refractivity contribution in [2.24, 2.45) is 0 Å². The predicted octanol–water partition coefficient (Wildman–Crippen LogP) is 4.60. The van der Waals surface area contributed by atoms with E-state index in [1.54, 1.807) is 14.2 Å². The van der Waals surface area contributed by atoms with E-state index in [-0.39, 0.29) is 18.1 Å². The number of benzene rings is 2. The van der Waals surface area contributed by atoms with Crippen molar-refractivity contribution in [3.8, 4) is 11.5 Å². The first-order valence-electron chi connectivity index (χ1n) is 11.6. The normalized spacial score (nSPS) is 16.7. The number of urea groups is 1. The Morgan fingerprint density at radius 3 is 2.44 bits per heavy atom. The molecule has 1 aliphatic heterocycles. The van der Waals surface area contributed by atoms with Gasteiger partial charge in [-0.15, -0.1) is 0 Å². The van der Waals surface area contributed by atoms with Crippen LogP contribution in [0.15, 0.2) is 36.4 Å². The summed E-state index contributed by atoms with van der Waals surface area (Å²) in [4.78, 5) is 15.0. The number of aryl methyl sites for hydroxylation is 1. The highest BCUT2D eigenvalue weighted by Crippen LogP contribution is 2.40. The van der Waals surface area contributed by atoms with Gasteiger partial charge in [0.25, 0.3) is 0 Å². The topological polar surface area (TPSA) is 62.8 Å². The van der Waals surface area contributed by atoms with Gasteiger partial charge in [-0.05, 0) is 55.0 Å². The van der Waals surface area contributed by atoms with Crippen molar-refractivity contribution in [2.45, 2.75) is 58.7 Å². The molecule has 6 heteroatoms. The molecule has 2 N–H and O–H groups in total. The first kappa shape index (κ1) is 23.9. The molecule has 0 spiro atoms. The van der Waals surface area contributed by atoms with Crippen LogP contribution in [0.25, 0.3) is 0 Å². The highest BCUT2D eigenvalue weighted by atomic mass is 16.5. The van der Waals surface area contributed by atoms with Crippen molar-refractivity contribution in [1.29, 1.82) is 0 Å². The van der Waals surface area contributed by atoms with Crippen LogP contribution in [-0.2, 0) is 13.0 Å². The summed E-state index contributed by atoms with van der Waals surface area (Å²) in [5.74, 6) is 1.47. The van der Waals surface area contributed by atoms with E-state index in [4.69, 9.17) is 9.47 Å². The van der Waals surface area contributed by atoms with Crippen LogP contribution in [-0.4, -0.2) is 44.3 Å². The maximum atomic E-state index is 12.6. The number of nitrogens with one attached hydrogen (secondary N) is 2. The average Bonchev–Trinajstić information content (AvgIpc) is 2.81. The molecule has 2 aromatic rings. The largest absolute Gasteiger partial charge is 0.493 e. The maximum Gasteiger partial charge on any atom is 0.315 e. The van der Waals surface area contributed by atoms with Crippen molar-refractivity contribution in [1.82, 2.24) is 15.5 Å². The third-order valence-corrected chi connectivity index (χ3v) is 6.21. The molecule has 0 aliphatic carbocycles. The Hall–Kier alpha value is -2.73. The van der Waals surface area contributed by atoms with Crippen molar-refractivity contribution in [2.75, 3.05) is 27.3 Å². The van der Waals surface area contributed by atoms with Gasteiger partial charge >= 0.3 is 6.03 Å². The van der Waals surface area contributed by atoms with Crippen LogP contribution >= 0.6 is 0 Å². The smallest absolute Gasteiger partial charge is 0.315 e. The van der Waals surface area contributed by atoms with E-state index in [0.717, 1.165) is 43.9 Å². The SMILES string of the molecule is CCCNC(=O)NC(CC)C1c2cc(OC)c(OC)cc2CCN1Cc1ccc(C)cc1. The first-order chi connectivity index (χ1) is 15.5. The zero-order chi connectivity index (χ0) is 23.1. The van der Waals surface area contributed by atoms with Gasteiger partial charge in [0.1, 0.15) is 0 Å². The Morgan fingerprint density at radius 2 is 1.81 bits per heavy atom. The van der Waals surface area contributed by atoms with Gasteiger partial charge in [0.2, 0.25) is 0 Å². The lowest BCUT2D eigenvalue weighted by Crippen LogP contribution is -2.51. The Morgan fingerprint density at radius 1 is 1.12 bits per heavy atom. The van der Waals surface area contributed by atoms with Crippen LogP contribution in [0.3, 0.4) is 0 Å². The molecule has 2 amide bonds. The molecule has 0 saturated carbocycles. The van der Waals surface area contributed by atoms with E-state index in [2.05, 4.69) is 72.7 Å². The molecule has 0 saturated heterocycles. The number of nitrogens with zero attached hydrogens (tertiary/aromatic N) is 1. The van der Waals surface area contributed by atoms with Crippen LogP contribution in [0.4, 0.5) is 4.79 Å². The number of carbonyl (C=O) groups excluding carboxylic acids is 1. The Labute approximate surface area is 192 Å². The zero-order valence-corrected chi connectivity index (χ0v) is 20.0. The third-order valence-electron chi connectivity index (χ3n) is 6.21. The minimum Gasteiger partial charge on any atom is -0.493 e. The fourth-order valence-corrected chi connectivity index (χ4v) is 4.47. The number of hydrogen-bond acceptors (Lipinski definition) is 4. The Bertz CT molecular complexity index is 898. The lowest BCUT2D eigenvalue weighted by molar-refractivity contribution is 0.135. The molecule has 2 unspecified atom stereocenters. The highest BCUT2D eigenvalue weighted by Gasteiger charge is 2.35. The lowest BCUT2D eigenvalue weighted by Gasteiger charge is -2.42. The molecule has 2 atom stereocenters. The summed E-state index contributed by atoms with van der Waals surface area (Å²) in [6.45, 7) is 8.70. The van der Waals surface area contributed by atoms with E-state index in [1.165, 1.54) is 22.3 Å². The fourth-order valence-electron chi connectivity index (χ4n) is 4.47. The average molecular weight is 440 g/mol. The van der Waals surface area contributed by atoms with Gasteiger partial charge in [-0.25, -0.2) is 4.79 Å². The van der Waals surface area contributed by atoms with Crippen molar-refractivity contribution >= 4 is 6.03 Å². The number of fused-ring (bicyclic) bond motifs is 1. The Balaban J connectivity index is 1.97. The maximum absolute atomic E-state index is 12.6. The molecule has 1 aliphatic rings. The van der Waals surface area contributed by atoms with E-state index < -0.39 is 0 Å². The van der Waals surface area contributed by atoms with Crippen molar-refractivity contribution in [3.63, 3.8) is 0 Å². The molecule has 0 bridgehead atoms. The van der Waals surface area contributed by atoms with Crippen LogP contribution in [0, 0.1) is 6.92 Å². The Kier molecular flexibility index (Phi) is 8.39. The van der Waals surface area contributed by atoms with Crippen LogP contribution < -0.4 is 20.1 Å². The fraction of sp³-hybridized carbons (Fsp3) is 0.500. The number of ether oxygens (including phenoxy) is 2. The van der Waals surface area contributed by atoms with Crippen LogP contribution in [0.2, 0.25) is 0 Å². The number of rotatable bonds is 9. The van der Waals surface area contributed by atoms with Crippen LogP contribution in [0.5, 0.6) is 11.5 Å². The summed E-state index contributed by atoms with van der Waals surface area (Å²) in [5, 5.41) is 6.20. The molecule has 3 rings (SSSR count). The molecule has 0 radical (unpaired) electrons. The van der Waals surface area contributed by atoms with E-state index in [0.29, 0.717) is 6.54 Å². The molecule has 174 valence electrons. The minimum atomic E-state index is -0.110. The van der Waals surface area contributed by atoms with Crippen molar-refractivity contribution < 1.29 is 14.3 Å². The summed E-state index contributed by atoms with van der Waals surface area (Å²) in [7, 11) is 3.34. The number of carbonyl (C=O) groups is 1. The first-order valence-corrected chi connectivity index (χ1v) is 11.6. The monoisotopic (exact) mass is 439 g/mol. The summed E-state index contributed by atoms with van der Waals surface area (Å²) in [6.07, 6.45) is 2.66.